The van der Waals surface area contributed by atoms with Crippen LogP contribution in [0.3, 0.4) is 0 Å². The van der Waals surface area contributed by atoms with Gasteiger partial charge in [-0.05, 0) is 18.2 Å². The van der Waals surface area contributed by atoms with Gasteiger partial charge in [0.15, 0.2) is 0 Å². The molecule has 0 radical (unpaired) electrons. The molecule has 0 amide bonds. The predicted molar refractivity (Wildman–Crippen MR) is 51.9 cm³/mol. The summed E-state index contributed by atoms with van der Waals surface area (Å²) >= 11 is 0. The highest BCUT2D eigenvalue weighted by Crippen LogP contribution is 2.12. The van der Waals surface area contributed by atoms with Crippen LogP contribution in [0.5, 0.6) is 0 Å². The lowest BCUT2D eigenvalue weighted by Crippen LogP contribution is -1.81. The first-order chi connectivity index (χ1) is 6.40. The van der Waals surface area contributed by atoms with E-state index in [4.69, 9.17) is 0 Å². The summed E-state index contributed by atoms with van der Waals surface area (Å²) in [5.74, 6) is 0. The van der Waals surface area contributed by atoms with Gasteiger partial charge in [0.25, 0.3) is 0 Å². The molecule has 0 aliphatic heterocycles. The normalized spacial score (nSPS) is 11.2. The molecule has 1 aromatic carbocycles. The lowest BCUT2D eigenvalue weighted by Gasteiger charge is -1.96. The molecule has 64 valence electrons. The number of para-hydroxylation sites is 1. The number of fused-ring (bicyclic) bond motifs is 1. The van der Waals surface area contributed by atoms with Crippen molar-refractivity contribution in [1.82, 2.24) is 4.98 Å². The maximum absolute atomic E-state index is 11.9. The van der Waals surface area contributed by atoms with E-state index in [1.807, 2.05) is 30.3 Å². The van der Waals surface area contributed by atoms with E-state index in [-0.39, 0.29) is 0 Å². The molecule has 2 aromatic rings. The summed E-state index contributed by atoms with van der Waals surface area (Å²) < 4.78 is 11.9. The van der Waals surface area contributed by atoms with Gasteiger partial charge in [-0.2, -0.15) is 0 Å². The Balaban J connectivity index is 2.62. The van der Waals surface area contributed by atoms with Gasteiger partial charge in [0.05, 0.1) is 17.5 Å². The van der Waals surface area contributed by atoms with Crippen LogP contribution in [0, 0.1) is 0 Å². The topological polar surface area (TPSA) is 12.9 Å². The number of benzene rings is 1. The molecule has 0 saturated heterocycles. The van der Waals surface area contributed by atoms with Crippen LogP contribution in [-0.2, 0) is 0 Å². The Bertz CT molecular complexity index is 449. The first kappa shape index (κ1) is 7.92. The monoisotopic (exact) mass is 173 g/mol. The van der Waals surface area contributed by atoms with Gasteiger partial charge >= 0.3 is 0 Å². The molecule has 0 aliphatic carbocycles. The lowest BCUT2D eigenvalue weighted by atomic mass is 10.2. The molecular formula is C11H8FN. The second-order valence-corrected chi connectivity index (χ2v) is 2.72. The van der Waals surface area contributed by atoms with E-state index < -0.39 is 0 Å². The van der Waals surface area contributed by atoms with Crippen molar-refractivity contribution in [3.8, 4) is 0 Å². The molecule has 1 nitrogen and oxygen atoms in total. The van der Waals surface area contributed by atoms with Gasteiger partial charge in [0.1, 0.15) is 0 Å². The second kappa shape index (κ2) is 3.35. The van der Waals surface area contributed by atoms with Crippen LogP contribution in [0.1, 0.15) is 5.69 Å². The molecule has 0 spiro atoms. The molecule has 0 fully saturated rings. The van der Waals surface area contributed by atoms with Gasteiger partial charge in [0.2, 0.25) is 0 Å². The lowest BCUT2D eigenvalue weighted by molar-refractivity contribution is 0.727. The van der Waals surface area contributed by atoms with Crippen LogP contribution in [0.15, 0.2) is 42.7 Å². The Kier molecular flexibility index (Phi) is 2.04. The number of hydrogen-bond acceptors (Lipinski definition) is 1. The number of hydrogen-bond donors (Lipinski definition) is 0. The van der Waals surface area contributed by atoms with E-state index in [1.54, 1.807) is 6.07 Å². The number of rotatable bonds is 1. The van der Waals surface area contributed by atoms with Crippen molar-refractivity contribution in [2.75, 3.05) is 0 Å². The van der Waals surface area contributed by atoms with Gasteiger partial charge < -0.3 is 0 Å². The van der Waals surface area contributed by atoms with Gasteiger partial charge in [-0.15, -0.1) is 0 Å². The number of pyridine rings is 1. The third-order valence-corrected chi connectivity index (χ3v) is 1.85. The molecule has 0 aliphatic rings. The minimum atomic E-state index is 0.497. The second-order valence-electron chi connectivity index (χ2n) is 2.72. The number of halogens is 1. The third kappa shape index (κ3) is 1.56. The minimum absolute atomic E-state index is 0.497. The zero-order valence-corrected chi connectivity index (χ0v) is 6.94. The van der Waals surface area contributed by atoms with Crippen LogP contribution in [0.4, 0.5) is 4.39 Å². The highest BCUT2D eigenvalue weighted by molar-refractivity contribution is 5.79. The maximum atomic E-state index is 11.9. The van der Waals surface area contributed by atoms with Gasteiger partial charge in [-0.3, -0.25) is 0 Å². The fourth-order valence-electron chi connectivity index (χ4n) is 1.24. The molecule has 13 heavy (non-hydrogen) atoms. The van der Waals surface area contributed by atoms with Gasteiger partial charge in [-0.25, -0.2) is 9.37 Å². The SMILES string of the molecule is FC=Cc1ccc2ccccc2n1. The summed E-state index contributed by atoms with van der Waals surface area (Å²) in [6.45, 7) is 0. The van der Waals surface area contributed by atoms with Crippen LogP contribution in [0.2, 0.25) is 0 Å². The van der Waals surface area contributed by atoms with Crippen LogP contribution in [-0.4, -0.2) is 4.98 Å². The number of nitrogens with zero attached hydrogens (tertiary/aromatic N) is 1. The molecular weight excluding hydrogens is 165 g/mol. The van der Waals surface area contributed by atoms with Crippen LogP contribution in [0.25, 0.3) is 17.0 Å². The van der Waals surface area contributed by atoms with Crippen molar-refractivity contribution < 1.29 is 4.39 Å². The molecule has 0 unspecified atom stereocenters. The van der Waals surface area contributed by atoms with Crippen molar-refractivity contribution >= 4 is 17.0 Å². The average Bonchev–Trinajstić information content (AvgIpc) is 2.18. The molecule has 1 aromatic heterocycles. The third-order valence-electron chi connectivity index (χ3n) is 1.85. The molecule has 2 rings (SSSR count). The fourth-order valence-corrected chi connectivity index (χ4v) is 1.24. The first-order valence-corrected chi connectivity index (χ1v) is 4.03. The first-order valence-electron chi connectivity index (χ1n) is 4.03. The van der Waals surface area contributed by atoms with E-state index in [2.05, 4.69) is 4.98 Å². The Morgan fingerprint density at radius 3 is 2.77 bits per heavy atom. The summed E-state index contributed by atoms with van der Waals surface area (Å²) in [7, 11) is 0. The van der Waals surface area contributed by atoms with Gasteiger partial charge in [0, 0.05) is 5.39 Å². The zero-order valence-electron chi connectivity index (χ0n) is 6.94. The fraction of sp³-hybridized carbons (Fsp3) is 0. The van der Waals surface area contributed by atoms with Crippen molar-refractivity contribution in [3.63, 3.8) is 0 Å². The van der Waals surface area contributed by atoms with E-state index in [0.717, 1.165) is 10.9 Å². The molecule has 1 heterocycles. The van der Waals surface area contributed by atoms with Crippen LogP contribution < -0.4 is 0 Å². The summed E-state index contributed by atoms with van der Waals surface area (Å²) in [4.78, 5) is 4.24. The summed E-state index contributed by atoms with van der Waals surface area (Å²) in [5.41, 5.74) is 1.53. The zero-order chi connectivity index (χ0) is 9.10. The van der Waals surface area contributed by atoms with Crippen molar-refractivity contribution in [2.24, 2.45) is 0 Å². The highest BCUT2D eigenvalue weighted by atomic mass is 19.1. The Morgan fingerprint density at radius 2 is 1.92 bits per heavy atom. The van der Waals surface area contributed by atoms with Crippen molar-refractivity contribution in [3.05, 3.63) is 48.4 Å². The standard InChI is InChI=1S/C11H8FN/c12-8-7-10-6-5-9-3-1-2-4-11(9)13-10/h1-8H. The maximum Gasteiger partial charge on any atom is 0.0888 e. The molecule has 0 atom stereocenters. The molecule has 0 bridgehead atoms. The van der Waals surface area contributed by atoms with E-state index in [9.17, 15) is 4.39 Å². The number of aromatic nitrogens is 1. The summed E-state index contributed by atoms with van der Waals surface area (Å²) in [6, 6.07) is 11.5. The van der Waals surface area contributed by atoms with E-state index in [1.165, 1.54) is 6.08 Å². The Hall–Kier alpha value is -1.70. The molecule has 0 N–H and O–H groups in total. The quantitative estimate of drug-likeness (QED) is 0.645. The highest BCUT2D eigenvalue weighted by Gasteiger charge is 1.93. The predicted octanol–water partition coefficient (Wildman–Crippen LogP) is 3.18. The smallest absolute Gasteiger partial charge is 0.0888 e. The Labute approximate surface area is 75.5 Å². The van der Waals surface area contributed by atoms with E-state index in [0.29, 0.717) is 12.0 Å². The van der Waals surface area contributed by atoms with Crippen LogP contribution >= 0.6 is 0 Å². The van der Waals surface area contributed by atoms with E-state index >= 15 is 0 Å². The van der Waals surface area contributed by atoms with Crippen molar-refractivity contribution in [1.29, 1.82) is 0 Å². The Morgan fingerprint density at radius 1 is 1.08 bits per heavy atom. The molecule has 2 heteroatoms. The minimum Gasteiger partial charge on any atom is -0.248 e. The van der Waals surface area contributed by atoms with Gasteiger partial charge in [-0.1, -0.05) is 24.3 Å². The van der Waals surface area contributed by atoms with Crippen molar-refractivity contribution in [2.45, 2.75) is 0 Å². The molecule has 0 saturated carbocycles. The average molecular weight is 173 g/mol. The largest absolute Gasteiger partial charge is 0.248 e. The summed E-state index contributed by atoms with van der Waals surface area (Å²) in [5, 5.41) is 1.07. The summed E-state index contributed by atoms with van der Waals surface area (Å²) in [6.07, 6.45) is 1.84.